The number of carbonyl (C=O) groups is 1. The summed E-state index contributed by atoms with van der Waals surface area (Å²) >= 11 is 0. The zero-order chi connectivity index (χ0) is 14.9. The van der Waals surface area contributed by atoms with Gasteiger partial charge in [0.1, 0.15) is 5.75 Å². The smallest absolute Gasteiger partial charge is 0.224 e. The number of para-hydroxylation sites is 2. The summed E-state index contributed by atoms with van der Waals surface area (Å²) in [4.78, 5) is 12.1. The second-order valence-corrected chi connectivity index (χ2v) is 5.62. The number of hydrogen-bond donors (Lipinski definition) is 2. The van der Waals surface area contributed by atoms with E-state index in [2.05, 4.69) is 17.6 Å². The lowest BCUT2D eigenvalue weighted by atomic mass is 9.93. The van der Waals surface area contributed by atoms with Crippen molar-refractivity contribution in [1.29, 1.82) is 0 Å². The molecule has 1 aliphatic rings. The second kappa shape index (κ2) is 8.67. The fourth-order valence-electron chi connectivity index (χ4n) is 2.63. The first-order chi connectivity index (χ1) is 10.3. The molecule has 1 aliphatic heterocycles. The quantitative estimate of drug-likeness (QED) is 0.811. The van der Waals surface area contributed by atoms with Gasteiger partial charge in [-0.05, 0) is 56.8 Å². The highest BCUT2D eigenvalue weighted by Gasteiger charge is 2.15. The molecular formula is C17H26N2O2. The molecule has 0 radical (unpaired) electrons. The fraction of sp³-hybridized carbons (Fsp3) is 0.588. The van der Waals surface area contributed by atoms with Gasteiger partial charge in [-0.15, -0.1) is 0 Å². The molecule has 0 aliphatic carbocycles. The molecule has 0 unspecified atom stereocenters. The van der Waals surface area contributed by atoms with Gasteiger partial charge in [0.15, 0.2) is 0 Å². The number of nitrogens with one attached hydrogen (secondary N) is 2. The van der Waals surface area contributed by atoms with E-state index in [-0.39, 0.29) is 5.91 Å². The zero-order valence-electron chi connectivity index (χ0n) is 12.9. The maximum atomic E-state index is 12.1. The van der Waals surface area contributed by atoms with Crippen molar-refractivity contribution in [2.45, 2.75) is 39.0 Å². The van der Waals surface area contributed by atoms with Crippen LogP contribution in [0, 0.1) is 5.92 Å². The van der Waals surface area contributed by atoms with E-state index >= 15 is 0 Å². The first-order valence-electron chi connectivity index (χ1n) is 8.02. The molecular weight excluding hydrogens is 264 g/mol. The summed E-state index contributed by atoms with van der Waals surface area (Å²) in [6.07, 6.45) is 4.89. The summed E-state index contributed by atoms with van der Waals surface area (Å²) in [7, 11) is 0. The zero-order valence-corrected chi connectivity index (χ0v) is 12.9. The number of benzene rings is 1. The van der Waals surface area contributed by atoms with E-state index in [1.807, 2.05) is 24.3 Å². The van der Waals surface area contributed by atoms with Crippen LogP contribution in [0.4, 0.5) is 5.69 Å². The monoisotopic (exact) mass is 290 g/mol. The largest absolute Gasteiger partial charge is 0.491 e. The standard InChI is InChI=1S/C17H26N2O2/c1-2-13-21-16-6-4-3-5-15(16)19-17(20)8-7-14-9-11-18-12-10-14/h3-6,14,18H,2,7-13H2,1H3,(H,19,20). The van der Waals surface area contributed by atoms with Crippen molar-refractivity contribution in [2.24, 2.45) is 5.92 Å². The van der Waals surface area contributed by atoms with Crippen LogP contribution < -0.4 is 15.4 Å². The van der Waals surface area contributed by atoms with Gasteiger partial charge in [0.05, 0.1) is 12.3 Å². The minimum atomic E-state index is 0.0843. The highest BCUT2D eigenvalue weighted by molar-refractivity contribution is 5.92. The van der Waals surface area contributed by atoms with Gasteiger partial charge in [-0.3, -0.25) is 4.79 Å². The number of hydrogen-bond acceptors (Lipinski definition) is 3. The Hall–Kier alpha value is -1.55. The summed E-state index contributed by atoms with van der Waals surface area (Å²) in [6.45, 7) is 4.90. The third-order valence-electron chi connectivity index (χ3n) is 3.86. The first kappa shape index (κ1) is 15.8. The first-order valence-corrected chi connectivity index (χ1v) is 8.02. The molecule has 1 amide bonds. The maximum Gasteiger partial charge on any atom is 0.224 e. The summed E-state index contributed by atoms with van der Waals surface area (Å²) in [5.74, 6) is 1.53. The van der Waals surface area contributed by atoms with Gasteiger partial charge in [0.2, 0.25) is 5.91 Å². The Morgan fingerprint density at radius 3 is 2.86 bits per heavy atom. The lowest BCUT2D eigenvalue weighted by Crippen LogP contribution is -2.28. The minimum absolute atomic E-state index is 0.0843. The van der Waals surface area contributed by atoms with Crippen LogP contribution in [0.25, 0.3) is 0 Å². The van der Waals surface area contributed by atoms with Crippen LogP contribution in [0.1, 0.15) is 39.0 Å². The van der Waals surface area contributed by atoms with Crippen LogP contribution >= 0.6 is 0 Å². The van der Waals surface area contributed by atoms with Gasteiger partial charge >= 0.3 is 0 Å². The number of carbonyl (C=O) groups excluding carboxylic acids is 1. The van der Waals surface area contributed by atoms with E-state index in [9.17, 15) is 4.79 Å². The average molecular weight is 290 g/mol. The fourth-order valence-corrected chi connectivity index (χ4v) is 2.63. The van der Waals surface area contributed by atoms with Crippen molar-refractivity contribution in [2.75, 3.05) is 25.0 Å². The molecule has 21 heavy (non-hydrogen) atoms. The maximum absolute atomic E-state index is 12.1. The summed E-state index contributed by atoms with van der Waals surface area (Å²) in [5.41, 5.74) is 0.779. The molecule has 116 valence electrons. The number of ether oxygens (including phenoxy) is 1. The molecule has 1 saturated heterocycles. The number of anilines is 1. The van der Waals surface area contributed by atoms with Gasteiger partial charge < -0.3 is 15.4 Å². The SMILES string of the molecule is CCCOc1ccccc1NC(=O)CCC1CCNCC1. The van der Waals surface area contributed by atoms with Crippen LogP contribution in [0.5, 0.6) is 5.75 Å². The van der Waals surface area contributed by atoms with Gasteiger partial charge in [-0.25, -0.2) is 0 Å². The van der Waals surface area contributed by atoms with Crippen molar-refractivity contribution < 1.29 is 9.53 Å². The third-order valence-corrected chi connectivity index (χ3v) is 3.86. The molecule has 4 heteroatoms. The Bertz CT molecular complexity index is 442. The van der Waals surface area contributed by atoms with Crippen molar-refractivity contribution in [3.63, 3.8) is 0 Å². The number of amides is 1. The molecule has 1 aromatic carbocycles. The number of piperidine rings is 1. The van der Waals surface area contributed by atoms with E-state index in [4.69, 9.17) is 4.74 Å². The van der Waals surface area contributed by atoms with E-state index in [1.165, 1.54) is 12.8 Å². The lowest BCUT2D eigenvalue weighted by molar-refractivity contribution is -0.116. The average Bonchev–Trinajstić information content (AvgIpc) is 2.53. The van der Waals surface area contributed by atoms with Crippen molar-refractivity contribution in [1.82, 2.24) is 5.32 Å². The molecule has 1 fully saturated rings. The van der Waals surface area contributed by atoms with Crippen LogP contribution in [-0.4, -0.2) is 25.6 Å². The number of rotatable bonds is 7. The Morgan fingerprint density at radius 1 is 1.33 bits per heavy atom. The molecule has 0 atom stereocenters. The van der Waals surface area contributed by atoms with Gasteiger partial charge in [0, 0.05) is 6.42 Å². The Balaban J connectivity index is 1.81. The molecule has 0 aromatic heterocycles. The summed E-state index contributed by atoms with van der Waals surface area (Å²) < 4.78 is 5.66. The second-order valence-electron chi connectivity index (χ2n) is 5.62. The molecule has 1 heterocycles. The predicted molar refractivity (Wildman–Crippen MR) is 85.7 cm³/mol. The third kappa shape index (κ3) is 5.38. The molecule has 4 nitrogen and oxygen atoms in total. The van der Waals surface area contributed by atoms with Crippen LogP contribution in [-0.2, 0) is 4.79 Å². The van der Waals surface area contributed by atoms with Gasteiger partial charge in [0.25, 0.3) is 0 Å². The highest BCUT2D eigenvalue weighted by Crippen LogP contribution is 2.25. The molecule has 0 spiro atoms. The van der Waals surface area contributed by atoms with Crippen LogP contribution in [0.15, 0.2) is 24.3 Å². The lowest BCUT2D eigenvalue weighted by Gasteiger charge is -2.22. The minimum Gasteiger partial charge on any atom is -0.491 e. The van der Waals surface area contributed by atoms with Crippen LogP contribution in [0.3, 0.4) is 0 Å². The molecule has 2 rings (SSSR count). The summed E-state index contributed by atoms with van der Waals surface area (Å²) in [6, 6.07) is 7.64. The molecule has 1 aromatic rings. The van der Waals surface area contributed by atoms with E-state index in [0.717, 1.165) is 37.4 Å². The molecule has 2 N–H and O–H groups in total. The van der Waals surface area contributed by atoms with Gasteiger partial charge in [-0.1, -0.05) is 19.1 Å². The van der Waals surface area contributed by atoms with E-state index in [1.54, 1.807) is 0 Å². The van der Waals surface area contributed by atoms with Gasteiger partial charge in [-0.2, -0.15) is 0 Å². The normalized spacial score (nSPS) is 15.7. The van der Waals surface area contributed by atoms with Crippen molar-refractivity contribution >= 4 is 11.6 Å². The Kier molecular flexibility index (Phi) is 6.54. The predicted octanol–water partition coefficient (Wildman–Crippen LogP) is 3.19. The Labute approximate surface area is 127 Å². The van der Waals surface area contributed by atoms with Crippen molar-refractivity contribution in [3.05, 3.63) is 24.3 Å². The highest BCUT2D eigenvalue weighted by atomic mass is 16.5. The topological polar surface area (TPSA) is 50.4 Å². The van der Waals surface area contributed by atoms with E-state index in [0.29, 0.717) is 18.9 Å². The summed E-state index contributed by atoms with van der Waals surface area (Å²) in [5, 5.41) is 6.33. The molecule has 0 saturated carbocycles. The molecule has 0 bridgehead atoms. The van der Waals surface area contributed by atoms with Crippen molar-refractivity contribution in [3.8, 4) is 5.75 Å². The Morgan fingerprint density at radius 2 is 2.10 bits per heavy atom. The van der Waals surface area contributed by atoms with Crippen LogP contribution in [0.2, 0.25) is 0 Å². The van der Waals surface area contributed by atoms with E-state index < -0.39 is 0 Å².